The van der Waals surface area contributed by atoms with E-state index in [4.69, 9.17) is 10.5 Å². The molecule has 4 nitrogen and oxygen atoms in total. The molecular formula is C17H20N2O2. The lowest BCUT2D eigenvalue weighted by atomic mass is 10.1. The SMILES string of the molecule is NCC1CCCC1OC(=O)Nc1cccc2ccccc12. The molecule has 3 N–H and O–H groups in total. The molecule has 1 fully saturated rings. The summed E-state index contributed by atoms with van der Waals surface area (Å²) in [6.45, 7) is 0.576. The highest BCUT2D eigenvalue weighted by Crippen LogP contribution is 2.28. The van der Waals surface area contributed by atoms with Crippen LogP contribution >= 0.6 is 0 Å². The van der Waals surface area contributed by atoms with E-state index in [0.29, 0.717) is 12.5 Å². The van der Waals surface area contributed by atoms with E-state index in [1.165, 1.54) is 0 Å². The minimum Gasteiger partial charge on any atom is -0.446 e. The number of rotatable bonds is 3. The van der Waals surface area contributed by atoms with Crippen molar-refractivity contribution in [3.63, 3.8) is 0 Å². The monoisotopic (exact) mass is 284 g/mol. The molecule has 2 unspecified atom stereocenters. The maximum absolute atomic E-state index is 12.1. The van der Waals surface area contributed by atoms with E-state index in [9.17, 15) is 4.79 Å². The van der Waals surface area contributed by atoms with Crippen molar-refractivity contribution in [2.24, 2.45) is 11.7 Å². The van der Waals surface area contributed by atoms with Gasteiger partial charge < -0.3 is 10.5 Å². The van der Waals surface area contributed by atoms with Gasteiger partial charge in [0.25, 0.3) is 0 Å². The van der Waals surface area contributed by atoms with Crippen molar-refractivity contribution in [3.05, 3.63) is 42.5 Å². The number of benzene rings is 2. The van der Waals surface area contributed by atoms with Gasteiger partial charge in [-0.15, -0.1) is 0 Å². The molecule has 0 heterocycles. The average molecular weight is 284 g/mol. The Morgan fingerprint density at radius 3 is 2.86 bits per heavy atom. The number of anilines is 1. The van der Waals surface area contributed by atoms with Gasteiger partial charge in [0, 0.05) is 11.3 Å². The zero-order valence-corrected chi connectivity index (χ0v) is 11.9. The molecule has 4 heteroatoms. The number of hydrogen-bond donors (Lipinski definition) is 2. The highest BCUT2D eigenvalue weighted by molar-refractivity contribution is 6.00. The Hall–Kier alpha value is -2.07. The van der Waals surface area contributed by atoms with Gasteiger partial charge >= 0.3 is 6.09 Å². The third-order valence-electron chi connectivity index (χ3n) is 4.18. The van der Waals surface area contributed by atoms with Crippen molar-refractivity contribution in [1.29, 1.82) is 0 Å². The summed E-state index contributed by atoms with van der Waals surface area (Å²) in [7, 11) is 0. The molecule has 0 spiro atoms. The molecule has 2 atom stereocenters. The normalized spacial score (nSPS) is 21.4. The van der Waals surface area contributed by atoms with Crippen molar-refractivity contribution in [3.8, 4) is 0 Å². The summed E-state index contributed by atoms with van der Waals surface area (Å²) in [5, 5.41) is 4.96. The Kier molecular flexibility index (Phi) is 4.06. The van der Waals surface area contributed by atoms with Crippen molar-refractivity contribution in [2.75, 3.05) is 11.9 Å². The highest BCUT2D eigenvalue weighted by atomic mass is 16.6. The first-order chi connectivity index (χ1) is 10.3. The smallest absolute Gasteiger partial charge is 0.411 e. The molecule has 1 aliphatic carbocycles. The van der Waals surface area contributed by atoms with E-state index in [-0.39, 0.29) is 6.10 Å². The molecule has 0 bridgehead atoms. The first-order valence-electron chi connectivity index (χ1n) is 7.43. The van der Waals surface area contributed by atoms with Crippen LogP contribution in [-0.4, -0.2) is 18.7 Å². The molecule has 0 saturated heterocycles. The van der Waals surface area contributed by atoms with Crippen LogP contribution in [0.15, 0.2) is 42.5 Å². The van der Waals surface area contributed by atoms with Crippen LogP contribution < -0.4 is 11.1 Å². The Balaban J connectivity index is 1.72. The summed E-state index contributed by atoms with van der Waals surface area (Å²) in [4.78, 5) is 12.1. The molecule has 1 amide bonds. The number of hydrogen-bond acceptors (Lipinski definition) is 3. The van der Waals surface area contributed by atoms with Gasteiger partial charge in [-0.25, -0.2) is 4.79 Å². The second kappa shape index (κ2) is 6.14. The van der Waals surface area contributed by atoms with E-state index in [1.807, 2.05) is 42.5 Å². The zero-order chi connectivity index (χ0) is 14.7. The van der Waals surface area contributed by atoms with Gasteiger partial charge in [-0.2, -0.15) is 0 Å². The van der Waals surface area contributed by atoms with E-state index < -0.39 is 6.09 Å². The van der Waals surface area contributed by atoms with Crippen LogP contribution in [-0.2, 0) is 4.74 Å². The summed E-state index contributed by atoms with van der Waals surface area (Å²) in [5.41, 5.74) is 6.49. The molecule has 1 aliphatic rings. The van der Waals surface area contributed by atoms with Crippen LogP contribution in [0, 0.1) is 5.92 Å². The van der Waals surface area contributed by atoms with E-state index in [0.717, 1.165) is 35.7 Å². The topological polar surface area (TPSA) is 64.3 Å². The van der Waals surface area contributed by atoms with Crippen LogP contribution in [0.3, 0.4) is 0 Å². The Labute approximate surface area is 124 Å². The molecule has 110 valence electrons. The summed E-state index contributed by atoms with van der Waals surface area (Å²) >= 11 is 0. The van der Waals surface area contributed by atoms with Gasteiger partial charge in [0.1, 0.15) is 6.10 Å². The van der Waals surface area contributed by atoms with Gasteiger partial charge in [-0.05, 0) is 37.3 Å². The second-order valence-electron chi connectivity index (χ2n) is 5.52. The van der Waals surface area contributed by atoms with Crippen molar-refractivity contribution >= 4 is 22.6 Å². The predicted molar refractivity (Wildman–Crippen MR) is 84.2 cm³/mol. The van der Waals surface area contributed by atoms with Crippen LogP contribution in [0.1, 0.15) is 19.3 Å². The van der Waals surface area contributed by atoms with Crippen molar-refractivity contribution < 1.29 is 9.53 Å². The molecule has 21 heavy (non-hydrogen) atoms. The number of carbonyl (C=O) groups excluding carboxylic acids is 1. The zero-order valence-electron chi connectivity index (χ0n) is 11.9. The van der Waals surface area contributed by atoms with E-state index in [1.54, 1.807) is 0 Å². The molecule has 3 rings (SSSR count). The predicted octanol–water partition coefficient (Wildman–Crippen LogP) is 3.52. The first-order valence-corrected chi connectivity index (χ1v) is 7.43. The Morgan fingerprint density at radius 1 is 1.19 bits per heavy atom. The minimum atomic E-state index is -0.392. The molecule has 2 aromatic rings. The standard InChI is InChI=1S/C17H20N2O2/c18-11-13-7-4-10-16(13)21-17(20)19-15-9-3-6-12-5-1-2-8-14(12)15/h1-3,5-6,8-9,13,16H,4,7,10-11,18H2,(H,19,20). The Morgan fingerprint density at radius 2 is 2.00 bits per heavy atom. The average Bonchev–Trinajstić information content (AvgIpc) is 2.94. The number of nitrogens with two attached hydrogens (primary N) is 1. The maximum Gasteiger partial charge on any atom is 0.411 e. The summed E-state index contributed by atoms with van der Waals surface area (Å²) in [5.74, 6) is 0.295. The number of fused-ring (bicyclic) bond motifs is 1. The second-order valence-corrected chi connectivity index (χ2v) is 5.52. The molecule has 1 saturated carbocycles. The van der Waals surface area contributed by atoms with Gasteiger partial charge in [0.15, 0.2) is 0 Å². The quantitative estimate of drug-likeness (QED) is 0.906. The lowest BCUT2D eigenvalue weighted by molar-refractivity contribution is 0.0893. The van der Waals surface area contributed by atoms with Crippen LogP contribution in [0.4, 0.5) is 10.5 Å². The van der Waals surface area contributed by atoms with Crippen molar-refractivity contribution in [2.45, 2.75) is 25.4 Å². The molecule has 0 aliphatic heterocycles. The fourth-order valence-corrected chi connectivity index (χ4v) is 3.04. The summed E-state index contributed by atoms with van der Waals surface area (Å²) in [6.07, 6.45) is 2.59. The maximum atomic E-state index is 12.1. The summed E-state index contributed by atoms with van der Waals surface area (Å²) in [6, 6.07) is 13.8. The lowest BCUT2D eigenvalue weighted by Crippen LogP contribution is -2.29. The van der Waals surface area contributed by atoms with Gasteiger partial charge in [-0.1, -0.05) is 36.4 Å². The highest BCUT2D eigenvalue weighted by Gasteiger charge is 2.29. The fraction of sp³-hybridized carbons (Fsp3) is 0.353. The molecule has 0 radical (unpaired) electrons. The number of amides is 1. The van der Waals surface area contributed by atoms with Crippen LogP contribution in [0.5, 0.6) is 0 Å². The third kappa shape index (κ3) is 3.00. The largest absolute Gasteiger partial charge is 0.446 e. The molecule has 0 aromatic heterocycles. The molecule has 2 aromatic carbocycles. The Bertz CT molecular complexity index is 636. The van der Waals surface area contributed by atoms with E-state index in [2.05, 4.69) is 5.32 Å². The van der Waals surface area contributed by atoms with Gasteiger partial charge in [-0.3, -0.25) is 5.32 Å². The number of carbonyl (C=O) groups is 1. The van der Waals surface area contributed by atoms with Crippen LogP contribution in [0.25, 0.3) is 10.8 Å². The van der Waals surface area contributed by atoms with Crippen molar-refractivity contribution in [1.82, 2.24) is 0 Å². The minimum absolute atomic E-state index is 0.0509. The molecular weight excluding hydrogens is 264 g/mol. The van der Waals surface area contributed by atoms with E-state index >= 15 is 0 Å². The third-order valence-corrected chi connectivity index (χ3v) is 4.18. The number of nitrogens with one attached hydrogen (secondary N) is 1. The lowest BCUT2D eigenvalue weighted by Gasteiger charge is -2.19. The number of ether oxygens (including phenoxy) is 1. The van der Waals surface area contributed by atoms with Crippen LogP contribution in [0.2, 0.25) is 0 Å². The fourth-order valence-electron chi connectivity index (χ4n) is 3.04. The first kappa shape index (κ1) is 13.9. The van der Waals surface area contributed by atoms with Gasteiger partial charge in [0.05, 0.1) is 5.69 Å². The van der Waals surface area contributed by atoms with Gasteiger partial charge in [0.2, 0.25) is 0 Å². The summed E-state index contributed by atoms with van der Waals surface area (Å²) < 4.78 is 5.54.